The molecule has 2 N–H and O–H groups in total. The lowest BCUT2D eigenvalue weighted by molar-refractivity contribution is -0.136. The van der Waals surface area contributed by atoms with Gasteiger partial charge in [-0.1, -0.05) is 18.2 Å². The van der Waals surface area contributed by atoms with Gasteiger partial charge < -0.3 is 29.5 Å². The number of carbonyl (C=O) groups is 2. The highest BCUT2D eigenvalue weighted by Crippen LogP contribution is 2.32. The van der Waals surface area contributed by atoms with Crippen LogP contribution in [0.15, 0.2) is 30.3 Å². The number of allylic oxidation sites excluding steroid dienone is 2. The number of piperidine rings is 1. The van der Waals surface area contributed by atoms with E-state index in [1.165, 1.54) is 5.57 Å². The maximum atomic E-state index is 12.7. The van der Waals surface area contributed by atoms with Crippen molar-refractivity contribution in [3.05, 3.63) is 35.9 Å². The van der Waals surface area contributed by atoms with Gasteiger partial charge in [-0.3, -0.25) is 4.79 Å². The summed E-state index contributed by atoms with van der Waals surface area (Å²) in [7, 11) is 0. The summed E-state index contributed by atoms with van der Waals surface area (Å²) in [5.41, 5.74) is 1.90. The first-order chi connectivity index (χ1) is 17.2. The lowest BCUT2D eigenvalue weighted by Crippen LogP contribution is -2.42. The third-order valence-electron chi connectivity index (χ3n) is 6.79. The van der Waals surface area contributed by atoms with Crippen LogP contribution in [-0.2, 0) is 9.53 Å². The number of aliphatic hydroxyl groups is 2. The number of nitrogens with zero attached hydrogens (tertiary/aromatic N) is 2. The van der Waals surface area contributed by atoms with Crippen molar-refractivity contribution in [2.75, 3.05) is 46.0 Å². The van der Waals surface area contributed by atoms with E-state index in [2.05, 4.69) is 18.2 Å². The summed E-state index contributed by atoms with van der Waals surface area (Å²) in [5, 5.41) is 18.4. The van der Waals surface area contributed by atoms with Crippen LogP contribution in [0.4, 0.5) is 4.79 Å². The zero-order valence-corrected chi connectivity index (χ0v) is 21.9. The van der Waals surface area contributed by atoms with Gasteiger partial charge in [0.2, 0.25) is 5.91 Å². The zero-order chi connectivity index (χ0) is 26.1. The fraction of sp³-hybridized carbons (Fsp3) is 0.643. The number of carbonyl (C=O) groups excluding carboxylic acids is 2. The van der Waals surface area contributed by atoms with E-state index in [-0.39, 0.29) is 44.2 Å². The van der Waals surface area contributed by atoms with E-state index in [4.69, 9.17) is 9.47 Å². The predicted octanol–water partition coefficient (Wildman–Crippen LogP) is 3.71. The molecule has 1 saturated heterocycles. The SMILES string of the molecule is CC(C)(C)OC(=O)N1CCC(COc2ccc(C3=CCC(C(=O)N(CCO)CCO)CC3)cc2)CC1. The molecule has 1 aliphatic heterocycles. The molecule has 1 aliphatic carbocycles. The Hall–Kier alpha value is -2.58. The highest BCUT2D eigenvalue weighted by atomic mass is 16.6. The second-order valence-electron chi connectivity index (χ2n) is 10.7. The van der Waals surface area contributed by atoms with Crippen molar-refractivity contribution in [3.63, 3.8) is 0 Å². The van der Waals surface area contributed by atoms with Crippen molar-refractivity contribution in [2.45, 2.75) is 58.5 Å². The lowest BCUT2D eigenvalue weighted by atomic mass is 9.85. The average Bonchev–Trinajstić information content (AvgIpc) is 2.86. The highest BCUT2D eigenvalue weighted by molar-refractivity contribution is 5.80. The highest BCUT2D eigenvalue weighted by Gasteiger charge is 2.28. The molecule has 3 rings (SSSR count). The van der Waals surface area contributed by atoms with Gasteiger partial charge in [-0.05, 0) is 82.1 Å². The molecular formula is C28H42N2O6. The average molecular weight is 503 g/mol. The van der Waals surface area contributed by atoms with Crippen molar-refractivity contribution in [1.82, 2.24) is 9.80 Å². The van der Waals surface area contributed by atoms with Gasteiger partial charge in [-0.2, -0.15) is 0 Å². The normalized spacial score (nSPS) is 19.0. The minimum atomic E-state index is -0.474. The third kappa shape index (κ3) is 8.23. The summed E-state index contributed by atoms with van der Waals surface area (Å²) in [6.45, 7) is 7.99. The Bertz CT molecular complexity index is 878. The molecule has 1 fully saturated rings. The molecule has 2 aliphatic rings. The Morgan fingerprint density at radius 2 is 1.67 bits per heavy atom. The molecule has 36 heavy (non-hydrogen) atoms. The molecule has 200 valence electrons. The molecular weight excluding hydrogens is 460 g/mol. The summed E-state index contributed by atoms with van der Waals surface area (Å²) in [6.07, 6.45) is 5.95. The molecule has 1 aromatic rings. The van der Waals surface area contributed by atoms with Gasteiger partial charge in [0.05, 0.1) is 19.8 Å². The molecule has 2 amide bonds. The molecule has 0 saturated carbocycles. The van der Waals surface area contributed by atoms with E-state index in [9.17, 15) is 19.8 Å². The zero-order valence-electron chi connectivity index (χ0n) is 21.9. The number of ether oxygens (including phenoxy) is 2. The molecule has 1 unspecified atom stereocenters. The van der Waals surface area contributed by atoms with E-state index in [1.54, 1.807) is 9.80 Å². The predicted molar refractivity (Wildman–Crippen MR) is 139 cm³/mol. The largest absolute Gasteiger partial charge is 0.493 e. The first-order valence-corrected chi connectivity index (χ1v) is 13.1. The van der Waals surface area contributed by atoms with E-state index >= 15 is 0 Å². The standard InChI is InChI=1S/C28H42N2O6/c1-28(2,3)36-27(34)30-14-12-21(13-15-30)20-35-25-10-8-23(9-11-25)22-4-6-24(7-5-22)26(33)29(16-18-31)17-19-32/h4,8-11,21,24,31-32H,5-7,12-20H2,1-3H3. The van der Waals surface area contributed by atoms with E-state index in [0.717, 1.165) is 37.0 Å². The second kappa shape index (κ2) is 13.1. The second-order valence-corrected chi connectivity index (χ2v) is 10.7. The van der Waals surface area contributed by atoms with Crippen LogP contribution in [0.1, 0.15) is 58.4 Å². The summed E-state index contributed by atoms with van der Waals surface area (Å²) >= 11 is 0. The molecule has 0 spiro atoms. The summed E-state index contributed by atoms with van der Waals surface area (Å²) < 4.78 is 11.5. The molecule has 0 bridgehead atoms. The Labute approximate surface area is 214 Å². The molecule has 1 atom stereocenters. The fourth-order valence-electron chi connectivity index (χ4n) is 4.74. The van der Waals surface area contributed by atoms with Crippen molar-refractivity contribution < 1.29 is 29.3 Å². The van der Waals surface area contributed by atoms with Crippen LogP contribution in [0.25, 0.3) is 5.57 Å². The van der Waals surface area contributed by atoms with Gasteiger partial charge in [0.25, 0.3) is 0 Å². The molecule has 8 nitrogen and oxygen atoms in total. The first kappa shape index (κ1) is 28.0. The number of hydrogen-bond donors (Lipinski definition) is 2. The Balaban J connectivity index is 1.44. The van der Waals surface area contributed by atoms with Crippen molar-refractivity contribution in [3.8, 4) is 5.75 Å². The Kier molecular flexibility index (Phi) is 10.2. The number of amides is 2. The van der Waals surface area contributed by atoms with E-state index in [1.807, 2.05) is 32.9 Å². The topological polar surface area (TPSA) is 99.5 Å². The summed E-state index contributed by atoms with van der Waals surface area (Å²) in [5.74, 6) is 1.15. The molecule has 0 radical (unpaired) electrons. The first-order valence-electron chi connectivity index (χ1n) is 13.1. The maximum Gasteiger partial charge on any atom is 0.410 e. The molecule has 1 aromatic carbocycles. The van der Waals surface area contributed by atoms with Crippen LogP contribution in [0.3, 0.4) is 0 Å². The van der Waals surface area contributed by atoms with Crippen LogP contribution in [0.2, 0.25) is 0 Å². The molecule has 1 heterocycles. The molecule has 8 heteroatoms. The smallest absolute Gasteiger partial charge is 0.410 e. The monoisotopic (exact) mass is 502 g/mol. The van der Waals surface area contributed by atoms with Gasteiger partial charge in [0, 0.05) is 32.1 Å². The minimum absolute atomic E-state index is 0.00840. The number of aliphatic hydroxyl groups excluding tert-OH is 2. The molecule has 0 aromatic heterocycles. The number of benzene rings is 1. The van der Waals surface area contributed by atoms with Gasteiger partial charge in [-0.15, -0.1) is 0 Å². The fourth-order valence-corrected chi connectivity index (χ4v) is 4.74. The Morgan fingerprint density at radius 1 is 1.03 bits per heavy atom. The van der Waals surface area contributed by atoms with Crippen LogP contribution >= 0.6 is 0 Å². The summed E-state index contributed by atoms with van der Waals surface area (Å²) in [6, 6.07) is 8.12. The van der Waals surface area contributed by atoms with Gasteiger partial charge >= 0.3 is 6.09 Å². The van der Waals surface area contributed by atoms with Gasteiger partial charge in [-0.25, -0.2) is 4.79 Å². The van der Waals surface area contributed by atoms with E-state index in [0.29, 0.717) is 32.0 Å². The quantitative estimate of drug-likeness (QED) is 0.534. The maximum absolute atomic E-state index is 12.7. The Morgan fingerprint density at radius 3 is 2.19 bits per heavy atom. The number of rotatable bonds is 9. The van der Waals surface area contributed by atoms with Crippen molar-refractivity contribution in [1.29, 1.82) is 0 Å². The van der Waals surface area contributed by atoms with Gasteiger partial charge in [0.1, 0.15) is 11.4 Å². The van der Waals surface area contributed by atoms with Crippen LogP contribution in [-0.4, -0.2) is 83.6 Å². The van der Waals surface area contributed by atoms with Crippen LogP contribution in [0, 0.1) is 11.8 Å². The van der Waals surface area contributed by atoms with Crippen molar-refractivity contribution in [2.24, 2.45) is 11.8 Å². The lowest BCUT2D eigenvalue weighted by Gasteiger charge is -2.33. The number of hydrogen-bond acceptors (Lipinski definition) is 6. The van der Waals surface area contributed by atoms with Crippen LogP contribution < -0.4 is 4.74 Å². The number of likely N-dealkylation sites (tertiary alicyclic amines) is 1. The van der Waals surface area contributed by atoms with E-state index < -0.39 is 5.60 Å². The summed E-state index contributed by atoms with van der Waals surface area (Å²) in [4.78, 5) is 28.3. The van der Waals surface area contributed by atoms with Crippen molar-refractivity contribution >= 4 is 17.6 Å². The minimum Gasteiger partial charge on any atom is -0.493 e. The third-order valence-corrected chi connectivity index (χ3v) is 6.79. The van der Waals surface area contributed by atoms with Crippen LogP contribution in [0.5, 0.6) is 5.75 Å². The van der Waals surface area contributed by atoms with Gasteiger partial charge in [0.15, 0.2) is 0 Å².